The molecule has 0 aromatic heterocycles. The van der Waals surface area contributed by atoms with Crippen LogP contribution in [0.1, 0.15) is 18.9 Å². The van der Waals surface area contributed by atoms with E-state index in [1.807, 2.05) is 0 Å². The zero-order chi connectivity index (χ0) is 12.3. The molecule has 0 radical (unpaired) electrons. The van der Waals surface area contributed by atoms with Crippen LogP contribution in [0.25, 0.3) is 0 Å². The van der Waals surface area contributed by atoms with Crippen molar-refractivity contribution in [3.8, 4) is 0 Å². The lowest BCUT2D eigenvalue weighted by molar-refractivity contribution is -0.143. The fourth-order valence-corrected chi connectivity index (χ4v) is 2.02. The van der Waals surface area contributed by atoms with Gasteiger partial charge in [-0.3, -0.25) is 4.79 Å². The van der Waals surface area contributed by atoms with E-state index in [-0.39, 0.29) is 0 Å². The first-order valence-corrected chi connectivity index (χ1v) is 5.47. The molecule has 0 heterocycles. The zero-order valence-electron chi connectivity index (χ0n) is 8.84. The fourth-order valence-electron chi connectivity index (χ4n) is 1.52. The molecule has 1 unspecified atom stereocenters. The molecule has 1 rings (SSSR count). The van der Waals surface area contributed by atoms with E-state index in [1.54, 1.807) is 31.2 Å². The van der Waals surface area contributed by atoms with Crippen molar-refractivity contribution >= 4 is 29.2 Å². The average Bonchev–Trinajstić information content (AvgIpc) is 2.21. The molecule has 0 aliphatic heterocycles. The molecule has 0 saturated heterocycles. The first-order valence-electron chi connectivity index (χ1n) is 4.71. The van der Waals surface area contributed by atoms with Crippen molar-refractivity contribution in [3.63, 3.8) is 0 Å². The van der Waals surface area contributed by atoms with Crippen LogP contribution in [0.5, 0.6) is 0 Å². The van der Waals surface area contributed by atoms with Crippen LogP contribution in [-0.2, 0) is 10.2 Å². The topological polar surface area (TPSA) is 37.3 Å². The van der Waals surface area contributed by atoms with Gasteiger partial charge in [-0.15, -0.1) is 6.58 Å². The number of hydrogen-bond acceptors (Lipinski definition) is 1. The van der Waals surface area contributed by atoms with Crippen molar-refractivity contribution in [2.75, 3.05) is 0 Å². The summed E-state index contributed by atoms with van der Waals surface area (Å²) in [4.78, 5) is 11.3. The minimum Gasteiger partial charge on any atom is -0.481 e. The molecule has 16 heavy (non-hydrogen) atoms. The second kappa shape index (κ2) is 4.89. The largest absolute Gasteiger partial charge is 0.481 e. The van der Waals surface area contributed by atoms with Gasteiger partial charge in [0, 0.05) is 10.0 Å². The predicted molar refractivity (Wildman–Crippen MR) is 66.3 cm³/mol. The summed E-state index contributed by atoms with van der Waals surface area (Å²) in [7, 11) is 0. The molecule has 0 bridgehead atoms. The molecular formula is C12H12Cl2O2. The Balaban J connectivity index is 3.36. The van der Waals surface area contributed by atoms with E-state index in [0.29, 0.717) is 22.0 Å². The normalized spacial score (nSPS) is 14.2. The Labute approximate surface area is 104 Å². The van der Waals surface area contributed by atoms with Crippen molar-refractivity contribution in [1.29, 1.82) is 0 Å². The number of hydrogen-bond donors (Lipinski definition) is 1. The Morgan fingerprint density at radius 2 is 2.19 bits per heavy atom. The van der Waals surface area contributed by atoms with E-state index in [2.05, 4.69) is 6.58 Å². The van der Waals surface area contributed by atoms with Crippen LogP contribution in [0.15, 0.2) is 30.9 Å². The Hall–Kier alpha value is -0.990. The number of benzene rings is 1. The van der Waals surface area contributed by atoms with Gasteiger partial charge in [-0.25, -0.2) is 0 Å². The smallest absolute Gasteiger partial charge is 0.314 e. The number of carboxylic acid groups (broad SMARTS) is 1. The summed E-state index contributed by atoms with van der Waals surface area (Å²) in [6, 6.07) is 4.81. The van der Waals surface area contributed by atoms with E-state index in [1.165, 1.54) is 0 Å². The summed E-state index contributed by atoms with van der Waals surface area (Å²) in [6.45, 7) is 5.17. The highest BCUT2D eigenvalue weighted by Gasteiger charge is 2.35. The van der Waals surface area contributed by atoms with Gasteiger partial charge in [-0.2, -0.15) is 0 Å². The summed E-state index contributed by atoms with van der Waals surface area (Å²) in [5.74, 6) is -0.948. The van der Waals surface area contributed by atoms with Gasteiger partial charge in [0.1, 0.15) is 0 Å². The standard InChI is InChI=1S/C12H12Cl2O2/c1-3-6-12(2,11(15)16)9-7-8(13)4-5-10(9)14/h3-5,7H,1,6H2,2H3,(H,15,16). The van der Waals surface area contributed by atoms with Crippen LogP contribution < -0.4 is 0 Å². The molecule has 1 N–H and O–H groups in total. The molecular weight excluding hydrogens is 247 g/mol. The van der Waals surface area contributed by atoms with Crippen molar-refractivity contribution in [3.05, 3.63) is 46.5 Å². The lowest BCUT2D eigenvalue weighted by Gasteiger charge is -2.25. The number of carbonyl (C=O) groups is 1. The molecule has 4 heteroatoms. The first kappa shape index (κ1) is 13.1. The van der Waals surface area contributed by atoms with E-state index in [0.717, 1.165) is 0 Å². The van der Waals surface area contributed by atoms with Gasteiger partial charge in [0.25, 0.3) is 0 Å². The fraction of sp³-hybridized carbons (Fsp3) is 0.250. The average molecular weight is 259 g/mol. The van der Waals surface area contributed by atoms with Crippen molar-refractivity contribution < 1.29 is 9.90 Å². The summed E-state index contributed by atoms with van der Waals surface area (Å²) in [5.41, 5.74) is -0.585. The third-order valence-corrected chi connectivity index (χ3v) is 3.11. The van der Waals surface area contributed by atoms with Crippen molar-refractivity contribution in [2.45, 2.75) is 18.8 Å². The van der Waals surface area contributed by atoms with Gasteiger partial charge >= 0.3 is 5.97 Å². The third kappa shape index (κ3) is 2.39. The molecule has 2 nitrogen and oxygen atoms in total. The molecule has 0 saturated carbocycles. The number of carboxylic acids is 1. The molecule has 0 aliphatic carbocycles. The van der Waals surface area contributed by atoms with Crippen LogP contribution in [0, 0.1) is 0 Å². The molecule has 0 amide bonds. The summed E-state index contributed by atoms with van der Waals surface area (Å²) < 4.78 is 0. The lowest BCUT2D eigenvalue weighted by Crippen LogP contribution is -2.32. The molecule has 1 aromatic rings. The van der Waals surface area contributed by atoms with Crippen LogP contribution >= 0.6 is 23.2 Å². The predicted octanol–water partition coefficient (Wildman–Crippen LogP) is 3.91. The van der Waals surface area contributed by atoms with Crippen LogP contribution in [-0.4, -0.2) is 11.1 Å². The maximum absolute atomic E-state index is 11.3. The summed E-state index contributed by atoms with van der Waals surface area (Å²) in [6.07, 6.45) is 1.85. The molecule has 0 aliphatic rings. The minimum absolute atomic E-state index is 0.294. The van der Waals surface area contributed by atoms with E-state index in [4.69, 9.17) is 23.2 Å². The Morgan fingerprint density at radius 3 is 2.69 bits per heavy atom. The third-order valence-electron chi connectivity index (χ3n) is 2.55. The number of halogens is 2. The van der Waals surface area contributed by atoms with Gasteiger partial charge < -0.3 is 5.11 Å². The second-order valence-corrected chi connectivity index (χ2v) is 4.60. The van der Waals surface area contributed by atoms with E-state index < -0.39 is 11.4 Å². The van der Waals surface area contributed by atoms with Crippen molar-refractivity contribution in [1.82, 2.24) is 0 Å². The van der Waals surface area contributed by atoms with Crippen molar-refractivity contribution in [2.24, 2.45) is 0 Å². The maximum atomic E-state index is 11.3. The maximum Gasteiger partial charge on any atom is 0.314 e. The Morgan fingerprint density at radius 1 is 1.56 bits per heavy atom. The molecule has 0 fully saturated rings. The number of rotatable bonds is 4. The second-order valence-electron chi connectivity index (χ2n) is 3.75. The van der Waals surface area contributed by atoms with E-state index >= 15 is 0 Å². The first-order chi connectivity index (χ1) is 7.41. The minimum atomic E-state index is -1.09. The number of aliphatic carboxylic acids is 1. The van der Waals surface area contributed by atoms with Crippen LogP contribution in [0.4, 0.5) is 0 Å². The number of allylic oxidation sites excluding steroid dienone is 1. The van der Waals surface area contributed by atoms with Gasteiger partial charge in [-0.1, -0.05) is 29.3 Å². The summed E-state index contributed by atoms with van der Waals surface area (Å²) >= 11 is 11.9. The monoisotopic (exact) mass is 258 g/mol. The molecule has 86 valence electrons. The Kier molecular flexibility index (Phi) is 4.00. The van der Waals surface area contributed by atoms with Crippen LogP contribution in [0.2, 0.25) is 10.0 Å². The highest BCUT2D eigenvalue weighted by atomic mass is 35.5. The zero-order valence-corrected chi connectivity index (χ0v) is 10.3. The van der Waals surface area contributed by atoms with Crippen LogP contribution in [0.3, 0.4) is 0 Å². The van der Waals surface area contributed by atoms with E-state index in [9.17, 15) is 9.90 Å². The molecule has 1 atom stereocenters. The molecule has 0 spiro atoms. The highest BCUT2D eigenvalue weighted by Crippen LogP contribution is 2.35. The van der Waals surface area contributed by atoms with Gasteiger partial charge in [-0.05, 0) is 37.1 Å². The lowest BCUT2D eigenvalue weighted by atomic mass is 9.79. The van der Waals surface area contributed by atoms with Gasteiger partial charge in [0.15, 0.2) is 0 Å². The summed E-state index contributed by atoms with van der Waals surface area (Å²) in [5, 5.41) is 10.2. The Bertz CT molecular complexity index is 429. The highest BCUT2D eigenvalue weighted by molar-refractivity contribution is 6.33. The van der Waals surface area contributed by atoms with Gasteiger partial charge in [0.2, 0.25) is 0 Å². The van der Waals surface area contributed by atoms with Gasteiger partial charge in [0.05, 0.1) is 5.41 Å². The molecule has 1 aromatic carbocycles. The SMILES string of the molecule is C=CCC(C)(C(=O)O)c1cc(Cl)ccc1Cl. The quantitative estimate of drug-likeness (QED) is 0.832.